The molecule has 5 rings (SSSR count). The minimum atomic E-state index is 0.0962. The lowest BCUT2D eigenvalue weighted by atomic mass is 10.0. The van der Waals surface area contributed by atoms with Gasteiger partial charge in [0.05, 0.1) is 22.8 Å². The number of likely N-dealkylation sites (tertiary alicyclic amines) is 1. The zero-order chi connectivity index (χ0) is 20.5. The van der Waals surface area contributed by atoms with Crippen LogP contribution < -0.4 is 9.47 Å². The topological polar surface area (TPSA) is 56.6 Å². The van der Waals surface area contributed by atoms with Crippen LogP contribution in [-0.2, 0) is 11.3 Å². The van der Waals surface area contributed by atoms with E-state index in [2.05, 4.69) is 23.6 Å². The average Bonchev–Trinajstić information content (AvgIpc) is 3.41. The van der Waals surface area contributed by atoms with E-state index in [9.17, 15) is 4.79 Å². The molecule has 156 valence electrons. The Morgan fingerprint density at radius 2 is 2.00 bits per heavy atom. The van der Waals surface area contributed by atoms with Crippen LogP contribution in [0.25, 0.3) is 11.0 Å². The van der Waals surface area contributed by atoms with Crippen molar-refractivity contribution in [1.82, 2.24) is 14.5 Å². The Balaban J connectivity index is 1.31. The van der Waals surface area contributed by atoms with Gasteiger partial charge in [0, 0.05) is 13.1 Å². The van der Waals surface area contributed by atoms with Crippen LogP contribution in [0.3, 0.4) is 0 Å². The zero-order valence-corrected chi connectivity index (χ0v) is 17.9. The molecule has 2 aromatic carbocycles. The number of imidazole rings is 1. The molecule has 0 bridgehead atoms. The van der Waals surface area contributed by atoms with Gasteiger partial charge >= 0.3 is 0 Å². The number of amides is 1. The average molecular weight is 424 g/mol. The summed E-state index contributed by atoms with van der Waals surface area (Å²) in [4.78, 5) is 19.9. The van der Waals surface area contributed by atoms with Crippen molar-refractivity contribution >= 4 is 28.7 Å². The maximum atomic E-state index is 13.1. The summed E-state index contributed by atoms with van der Waals surface area (Å²) < 4.78 is 13.5. The highest BCUT2D eigenvalue weighted by molar-refractivity contribution is 7.99. The van der Waals surface area contributed by atoms with E-state index in [1.807, 2.05) is 35.2 Å². The summed E-state index contributed by atoms with van der Waals surface area (Å²) in [6, 6.07) is 14.3. The number of carbonyl (C=O) groups is 1. The van der Waals surface area contributed by atoms with Gasteiger partial charge in [0.2, 0.25) is 5.91 Å². The second-order valence-electron chi connectivity index (χ2n) is 7.56. The van der Waals surface area contributed by atoms with Crippen LogP contribution in [0.4, 0.5) is 0 Å². The number of benzene rings is 2. The van der Waals surface area contributed by atoms with Gasteiger partial charge in [0.15, 0.2) is 16.7 Å². The van der Waals surface area contributed by atoms with Crippen LogP contribution in [0.2, 0.25) is 0 Å². The number of para-hydroxylation sites is 2. The van der Waals surface area contributed by atoms with Crippen molar-refractivity contribution in [3.63, 3.8) is 0 Å². The number of thioether (sulfide) groups is 1. The van der Waals surface area contributed by atoms with Gasteiger partial charge in [0.25, 0.3) is 0 Å². The highest BCUT2D eigenvalue weighted by atomic mass is 32.2. The van der Waals surface area contributed by atoms with E-state index in [0.29, 0.717) is 19.0 Å². The predicted molar refractivity (Wildman–Crippen MR) is 117 cm³/mol. The molecule has 1 fully saturated rings. The Kier molecular flexibility index (Phi) is 5.29. The Hall–Kier alpha value is -2.67. The van der Waals surface area contributed by atoms with Crippen molar-refractivity contribution in [1.29, 1.82) is 0 Å². The minimum Gasteiger partial charge on any atom is -0.486 e. The van der Waals surface area contributed by atoms with Gasteiger partial charge in [-0.2, -0.15) is 0 Å². The number of ether oxygens (including phenoxy) is 2. The number of nitrogens with zero attached hydrogens (tertiary/aromatic N) is 3. The number of carbonyl (C=O) groups excluding carboxylic acids is 1. The third-order valence-electron chi connectivity index (χ3n) is 5.78. The summed E-state index contributed by atoms with van der Waals surface area (Å²) in [5, 5.41) is 0.905. The van der Waals surface area contributed by atoms with E-state index in [0.717, 1.165) is 59.2 Å². The van der Waals surface area contributed by atoms with Gasteiger partial charge in [-0.3, -0.25) is 4.79 Å². The summed E-state index contributed by atoms with van der Waals surface area (Å²) in [5.41, 5.74) is 3.21. The fourth-order valence-corrected chi connectivity index (χ4v) is 5.32. The van der Waals surface area contributed by atoms with Crippen LogP contribution in [0, 0.1) is 0 Å². The van der Waals surface area contributed by atoms with Crippen molar-refractivity contribution in [2.24, 2.45) is 0 Å². The summed E-state index contributed by atoms with van der Waals surface area (Å²) in [6.45, 7) is 4.89. The summed E-state index contributed by atoms with van der Waals surface area (Å²) in [7, 11) is 0. The van der Waals surface area contributed by atoms with Crippen LogP contribution >= 0.6 is 11.8 Å². The van der Waals surface area contributed by atoms with E-state index in [4.69, 9.17) is 14.5 Å². The van der Waals surface area contributed by atoms with Crippen molar-refractivity contribution in [3.05, 3.63) is 48.0 Å². The molecule has 0 spiro atoms. The molecule has 3 heterocycles. The molecule has 30 heavy (non-hydrogen) atoms. The summed E-state index contributed by atoms with van der Waals surface area (Å²) >= 11 is 1.53. The number of rotatable bonds is 5. The first kappa shape index (κ1) is 19.3. The SMILES string of the molecule is CCn1c(SCC(=O)N2CCC[C@@H]2c2ccc3c(c2)OCCO3)nc2ccccc21. The fourth-order valence-electron chi connectivity index (χ4n) is 4.36. The molecule has 0 saturated carbocycles. The summed E-state index contributed by atoms with van der Waals surface area (Å²) in [5.74, 6) is 2.12. The highest BCUT2D eigenvalue weighted by Crippen LogP contribution is 2.38. The third kappa shape index (κ3) is 3.51. The first-order valence-corrected chi connectivity index (χ1v) is 11.5. The van der Waals surface area contributed by atoms with Crippen LogP contribution in [0.15, 0.2) is 47.6 Å². The Bertz CT molecular complexity index is 1080. The number of aromatic nitrogens is 2. The van der Waals surface area contributed by atoms with E-state index in [1.54, 1.807) is 0 Å². The Morgan fingerprint density at radius 3 is 2.87 bits per heavy atom. The molecule has 2 aliphatic rings. The van der Waals surface area contributed by atoms with Gasteiger partial charge in [-0.15, -0.1) is 0 Å². The summed E-state index contributed by atoms with van der Waals surface area (Å²) in [6.07, 6.45) is 1.99. The van der Waals surface area contributed by atoms with E-state index >= 15 is 0 Å². The second kappa shape index (κ2) is 8.22. The van der Waals surface area contributed by atoms with Crippen molar-refractivity contribution in [2.75, 3.05) is 25.5 Å². The van der Waals surface area contributed by atoms with Crippen LogP contribution in [0.1, 0.15) is 31.4 Å². The molecule has 1 aromatic heterocycles. The first-order valence-electron chi connectivity index (χ1n) is 10.5. The number of hydrogen-bond donors (Lipinski definition) is 0. The molecular weight excluding hydrogens is 398 g/mol. The maximum absolute atomic E-state index is 13.1. The second-order valence-corrected chi connectivity index (χ2v) is 8.51. The van der Waals surface area contributed by atoms with Crippen molar-refractivity contribution in [2.45, 2.75) is 37.5 Å². The molecule has 1 saturated heterocycles. The minimum absolute atomic E-state index is 0.0962. The largest absolute Gasteiger partial charge is 0.486 e. The van der Waals surface area contributed by atoms with Crippen molar-refractivity contribution < 1.29 is 14.3 Å². The molecule has 0 unspecified atom stereocenters. The number of fused-ring (bicyclic) bond motifs is 2. The Labute approximate surface area is 180 Å². The molecule has 2 aliphatic heterocycles. The molecule has 0 radical (unpaired) electrons. The van der Waals surface area contributed by atoms with Gasteiger partial charge < -0.3 is 18.9 Å². The number of hydrogen-bond acceptors (Lipinski definition) is 5. The quantitative estimate of drug-likeness (QED) is 0.573. The molecular formula is C23H25N3O3S. The van der Waals surface area contributed by atoms with Gasteiger partial charge in [0.1, 0.15) is 13.2 Å². The predicted octanol–water partition coefficient (Wildman–Crippen LogP) is 4.28. The smallest absolute Gasteiger partial charge is 0.233 e. The maximum Gasteiger partial charge on any atom is 0.233 e. The molecule has 7 heteroatoms. The zero-order valence-electron chi connectivity index (χ0n) is 17.0. The first-order chi connectivity index (χ1) is 14.7. The molecule has 1 atom stereocenters. The van der Waals surface area contributed by atoms with E-state index < -0.39 is 0 Å². The number of aryl methyl sites for hydroxylation is 1. The molecule has 6 nitrogen and oxygen atoms in total. The van der Waals surface area contributed by atoms with Gasteiger partial charge in [-0.25, -0.2) is 4.98 Å². The van der Waals surface area contributed by atoms with Gasteiger partial charge in [-0.1, -0.05) is 30.0 Å². The standard InChI is InChI=1S/C23H25N3O3S/c1-2-25-19-7-4-3-6-17(19)24-23(25)30-15-22(27)26-11-5-8-18(26)16-9-10-20-21(14-16)29-13-12-28-20/h3-4,6-7,9-10,14,18H,2,5,8,11-13,15H2,1H3/t18-/m1/s1. The van der Waals surface area contributed by atoms with E-state index in [1.165, 1.54) is 11.8 Å². The lowest BCUT2D eigenvalue weighted by Crippen LogP contribution is -2.32. The highest BCUT2D eigenvalue weighted by Gasteiger charge is 2.31. The normalized spacial score (nSPS) is 18.2. The fraction of sp³-hybridized carbons (Fsp3) is 0.391. The van der Waals surface area contributed by atoms with Crippen molar-refractivity contribution in [3.8, 4) is 11.5 Å². The van der Waals surface area contributed by atoms with Crippen LogP contribution in [-0.4, -0.2) is 45.9 Å². The Morgan fingerprint density at radius 1 is 1.17 bits per heavy atom. The molecule has 1 amide bonds. The monoisotopic (exact) mass is 423 g/mol. The third-order valence-corrected chi connectivity index (χ3v) is 6.75. The van der Waals surface area contributed by atoms with E-state index in [-0.39, 0.29) is 11.9 Å². The molecule has 0 N–H and O–H groups in total. The lowest BCUT2D eigenvalue weighted by Gasteiger charge is -2.26. The van der Waals surface area contributed by atoms with Crippen LogP contribution in [0.5, 0.6) is 11.5 Å². The lowest BCUT2D eigenvalue weighted by molar-refractivity contribution is -0.129. The van der Waals surface area contributed by atoms with Gasteiger partial charge in [-0.05, 0) is 49.6 Å². The molecule has 3 aromatic rings. The molecule has 0 aliphatic carbocycles.